The van der Waals surface area contributed by atoms with E-state index in [0.29, 0.717) is 3.92 Å². The quantitative estimate of drug-likeness (QED) is 0.414. The van der Waals surface area contributed by atoms with Gasteiger partial charge >= 0.3 is 5.97 Å². The van der Waals surface area contributed by atoms with Crippen LogP contribution in [0.3, 0.4) is 0 Å². The van der Waals surface area contributed by atoms with Crippen LogP contribution in [-0.4, -0.2) is 16.0 Å². The smallest absolute Gasteiger partial charge is 0.312 e. The third-order valence-electron chi connectivity index (χ3n) is 3.83. The maximum absolute atomic E-state index is 12.3. The number of rotatable bonds is 5. The van der Waals surface area contributed by atoms with E-state index in [9.17, 15) is 4.79 Å². The average molecular weight is 352 g/mol. The number of carbonyl (C=O) groups is 1. The summed E-state index contributed by atoms with van der Waals surface area (Å²) >= 11 is 2.39. The first-order chi connectivity index (χ1) is 7.98. The van der Waals surface area contributed by atoms with Gasteiger partial charge in [-0.25, -0.2) is 0 Å². The highest BCUT2D eigenvalue weighted by Gasteiger charge is 2.35. The molecule has 0 aromatic carbocycles. The summed E-state index contributed by atoms with van der Waals surface area (Å²) < 4.78 is 6.22. The molecule has 3 heteroatoms. The van der Waals surface area contributed by atoms with Crippen molar-refractivity contribution in [3.05, 3.63) is 0 Å². The van der Waals surface area contributed by atoms with Crippen LogP contribution in [0.2, 0.25) is 0 Å². The minimum atomic E-state index is -0.294. The van der Waals surface area contributed by atoms with Crippen molar-refractivity contribution in [1.29, 1.82) is 0 Å². The van der Waals surface area contributed by atoms with Gasteiger partial charge in [-0.05, 0) is 45.4 Å². The van der Waals surface area contributed by atoms with E-state index in [1.807, 2.05) is 6.92 Å². The summed E-state index contributed by atoms with van der Waals surface area (Å²) in [4.78, 5) is 12.3. The Morgan fingerprint density at radius 3 is 2.47 bits per heavy atom. The van der Waals surface area contributed by atoms with E-state index in [1.54, 1.807) is 0 Å². The van der Waals surface area contributed by atoms with E-state index in [4.69, 9.17) is 4.74 Å². The van der Waals surface area contributed by atoms with E-state index < -0.39 is 0 Å². The zero-order valence-electron chi connectivity index (χ0n) is 11.3. The number of halogens is 1. The summed E-state index contributed by atoms with van der Waals surface area (Å²) in [5, 5.41) is 0. The van der Waals surface area contributed by atoms with Crippen LogP contribution < -0.4 is 0 Å². The maximum atomic E-state index is 12.3. The fourth-order valence-corrected chi connectivity index (χ4v) is 3.44. The molecule has 0 heterocycles. The van der Waals surface area contributed by atoms with Crippen LogP contribution in [0.5, 0.6) is 0 Å². The standard InChI is InChI=1S/C14H25IO2/c1-4-14(3,10-11(2)15)13(16)17-12-8-6-5-7-9-12/h11-12H,4-10H2,1-3H3. The Labute approximate surface area is 119 Å². The molecule has 2 nitrogen and oxygen atoms in total. The molecule has 0 aromatic rings. The summed E-state index contributed by atoms with van der Waals surface area (Å²) in [5.74, 6) is 0.0235. The highest BCUT2D eigenvalue weighted by Crippen LogP contribution is 2.33. The van der Waals surface area contributed by atoms with Gasteiger partial charge in [-0.3, -0.25) is 4.79 Å². The van der Waals surface area contributed by atoms with Crippen molar-refractivity contribution >= 4 is 28.6 Å². The molecule has 1 aliphatic carbocycles. The SMILES string of the molecule is CCC(C)(CC(C)I)C(=O)OC1CCCCC1. The molecule has 0 spiro atoms. The molecule has 17 heavy (non-hydrogen) atoms. The fraction of sp³-hybridized carbons (Fsp3) is 0.929. The van der Waals surface area contributed by atoms with Gasteiger partial charge in [-0.15, -0.1) is 0 Å². The second kappa shape index (κ2) is 6.95. The van der Waals surface area contributed by atoms with E-state index in [2.05, 4.69) is 36.4 Å². The molecule has 0 radical (unpaired) electrons. The molecule has 0 aromatic heterocycles. The molecule has 1 fully saturated rings. The lowest BCUT2D eigenvalue weighted by Gasteiger charge is -2.31. The Hall–Kier alpha value is 0.200. The largest absolute Gasteiger partial charge is 0.462 e. The Kier molecular flexibility index (Phi) is 6.24. The summed E-state index contributed by atoms with van der Waals surface area (Å²) in [6.45, 7) is 6.29. The van der Waals surface area contributed by atoms with Crippen molar-refractivity contribution in [2.45, 2.75) is 75.7 Å². The first-order valence-electron chi connectivity index (χ1n) is 6.83. The van der Waals surface area contributed by atoms with E-state index in [0.717, 1.165) is 25.7 Å². The number of hydrogen-bond acceptors (Lipinski definition) is 2. The highest BCUT2D eigenvalue weighted by atomic mass is 127. The van der Waals surface area contributed by atoms with Gasteiger partial charge < -0.3 is 4.74 Å². The first-order valence-corrected chi connectivity index (χ1v) is 8.07. The molecule has 1 rings (SSSR count). The molecule has 2 atom stereocenters. The molecule has 100 valence electrons. The zero-order valence-corrected chi connectivity index (χ0v) is 13.5. The van der Waals surface area contributed by atoms with Gasteiger partial charge in [0.1, 0.15) is 6.10 Å². The predicted octanol–water partition coefficient (Wildman–Crippen LogP) is 4.49. The molecular weight excluding hydrogens is 327 g/mol. The van der Waals surface area contributed by atoms with Gasteiger partial charge in [0.05, 0.1) is 5.41 Å². The Morgan fingerprint density at radius 1 is 1.41 bits per heavy atom. The lowest BCUT2D eigenvalue weighted by Crippen LogP contribution is -2.34. The lowest BCUT2D eigenvalue weighted by atomic mass is 9.83. The van der Waals surface area contributed by atoms with Crippen LogP contribution in [0.25, 0.3) is 0 Å². The van der Waals surface area contributed by atoms with Crippen molar-refractivity contribution in [1.82, 2.24) is 0 Å². The van der Waals surface area contributed by atoms with E-state index in [-0.39, 0.29) is 17.5 Å². The van der Waals surface area contributed by atoms with Gasteiger partial charge in [0.2, 0.25) is 0 Å². The number of carbonyl (C=O) groups excluding carboxylic acids is 1. The minimum absolute atomic E-state index is 0.0235. The van der Waals surface area contributed by atoms with Gasteiger partial charge in [-0.2, -0.15) is 0 Å². The number of hydrogen-bond donors (Lipinski definition) is 0. The Balaban J connectivity index is 2.52. The van der Waals surface area contributed by atoms with Crippen molar-refractivity contribution in [2.24, 2.45) is 5.41 Å². The first kappa shape index (κ1) is 15.3. The van der Waals surface area contributed by atoms with Crippen molar-refractivity contribution in [3.63, 3.8) is 0 Å². The third-order valence-corrected chi connectivity index (χ3v) is 4.27. The van der Waals surface area contributed by atoms with Crippen LogP contribution in [0.1, 0.15) is 65.7 Å². The van der Waals surface area contributed by atoms with Gasteiger partial charge in [-0.1, -0.05) is 42.9 Å². The van der Waals surface area contributed by atoms with E-state index >= 15 is 0 Å². The van der Waals surface area contributed by atoms with Crippen molar-refractivity contribution in [2.75, 3.05) is 0 Å². The monoisotopic (exact) mass is 352 g/mol. The van der Waals surface area contributed by atoms with Gasteiger partial charge in [0.25, 0.3) is 0 Å². The van der Waals surface area contributed by atoms with Crippen LogP contribution in [0, 0.1) is 5.41 Å². The second-order valence-electron chi connectivity index (χ2n) is 5.56. The van der Waals surface area contributed by atoms with E-state index in [1.165, 1.54) is 19.3 Å². The van der Waals surface area contributed by atoms with Crippen molar-refractivity contribution in [3.8, 4) is 0 Å². The number of alkyl halides is 1. The molecule has 0 aliphatic heterocycles. The maximum Gasteiger partial charge on any atom is 0.312 e. The predicted molar refractivity (Wildman–Crippen MR) is 79.5 cm³/mol. The average Bonchev–Trinajstić information content (AvgIpc) is 2.29. The van der Waals surface area contributed by atoms with Gasteiger partial charge in [0.15, 0.2) is 0 Å². The fourth-order valence-electron chi connectivity index (χ4n) is 2.47. The zero-order chi connectivity index (χ0) is 12.9. The second-order valence-corrected chi connectivity index (χ2v) is 7.69. The topological polar surface area (TPSA) is 26.3 Å². The summed E-state index contributed by atoms with van der Waals surface area (Å²) in [6.07, 6.45) is 7.81. The number of esters is 1. The molecule has 1 aliphatic rings. The summed E-state index contributed by atoms with van der Waals surface area (Å²) in [6, 6.07) is 0. The summed E-state index contributed by atoms with van der Waals surface area (Å²) in [7, 11) is 0. The summed E-state index contributed by atoms with van der Waals surface area (Å²) in [5.41, 5.74) is -0.294. The molecule has 0 amide bonds. The van der Waals surface area contributed by atoms with Crippen LogP contribution in [-0.2, 0) is 9.53 Å². The van der Waals surface area contributed by atoms with Gasteiger partial charge in [0, 0.05) is 3.92 Å². The van der Waals surface area contributed by atoms with Crippen LogP contribution in [0.15, 0.2) is 0 Å². The molecular formula is C14H25IO2. The lowest BCUT2D eigenvalue weighted by molar-refractivity contribution is -0.162. The highest BCUT2D eigenvalue weighted by molar-refractivity contribution is 14.1. The molecule has 2 unspecified atom stereocenters. The Morgan fingerprint density at radius 2 is 2.00 bits per heavy atom. The van der Waals surface area contributed by atoms with Crippen molar-refractivity contribution < 1.29 is 9.53 Å². The Bertz CT molecular complexity index is 247. The molecule has 0 bridgehead atoms. The molecule has 1 saturated carbocycles. The normalized spacial score (nSPS) is 22.8. The molecule has 0 saturated heterocycles. The minimum Gasteiger partial charge on any atom is -0.462 e. The van der Waals surface area contributed by atoms with Crippen LogP contribution in [0.4, 0.5) is 0 Å². The number of ether oxygens (including phenoxy) is 1. The third kappa shape index (κ3) is 4.76. The van der Waals surface area contributed by atoms with Crippen LogP contribution >= 0.6 is 22.6 Å². The molecule has 0 N–H and O–H groups in total.